The summed E-state index contributed by atoms with van der Waals surface area (Å²) in [7, 11) is 0. The van der Waals surface area contributed by atoms with E-state index < -0.39 is 0 Å². The molecule has 4 rings (SSSR count). The van der Waals surface area contributed by atoms with Gasteiger partial charge in [0.15, 0.2) is 0 Å². The van der Waals surface area contributed by atoms with Crippen LogP contribution in [0, 0.1) is 52.3 Å². The van der Waals surface area contributed by atoms with Gasteiger partial charge in [-0.2, -0.15) is 0 Å². The second-order valence-electron chi connectivity index (χ2n) is 12.7. The van der Waals surface area contributed by atoms with Crippen molar-refractivity contribution in [2.75, 3.05) is 6.61 Å². The van der Waals surface area contributed by atoms with Crippen molar-refractivity contribution >= 4 is 0 Å². The molecule has 4 aliphatic carbocycles. The summed E-state index contributed by atoms with van der Waals surface area (Å²) in [6.07, 6.45) is 9.27. The fourth-order valence-corrected chi connectivity index (χ4v) is 9.21. The van der Waals surface area contributed by atoms with Crippen LogP contribution >= 0.6 is 0 Å². The largest absolute Gasteiger partial charge is 0.396 e. The number of rotatable bonds is 6. The van der Waals surface area contributed by atoms with Crippen LogP contribution in [-0.4, -0.2) is 45.3 Å². The zero-order chi connectivity index (χ0) is 22.6. The first kappa shape index (κ1) is 24.0. The predicted octanol–water partition coefficient (Wildman–Crippen LogP) is 4.38. The molecule has 0 radical (unpaired) electrons. The molecule has 0 aromatic rings. The lowest BCUT2D eigenvalue weighted by molar-refractivity contribution is -0.207. The molecule has 0 aromatic heterocycles. The van der Waals surface area contributed by atoms with E-state index in [1.54, 1.807) is 0 Å². The van der Waals surface area contributed by atoms with E-state index >= 15 is 0 Å². The maximum absolute atomic E-state index is 11.6. The van der Waals surface area contributed by atoms with Crippen LogP contribution in [0.1, 0.15) is 91.9 Å². The van der Waals surface area contributed by atoms with E-state index in [9.17, 15) is 20.4 Å². The lowest BCUT2D eigenvalue weighted by Gasteiger charge is -2.63. The van der Waals surface area contributed by atoms with E-state index in [0.717, 1.165) is 51.4 Å². The summed E-state index contributed by atoms with van der Waals surface area (Å²) in [6, 6.07) is 0. The fourth-order valence-electron chi connectivity index (χ4n) is 9.21. The number of aliphatic hydroxyl groups is 4. The average Bonchev–Trinajstić information content (AvgIpc) is 3.08. The predicted molar refractivity (Wildman–Crippen MR) is 123 cm³/mol. The molecule has 0 amide bonds. The highest BCUT2D eigenvalue weighted by Crippen LogP contribution is 2.68. The van der Waals surface area contributed by atoms with Crippen molar-refractivity contribution in [1.29, 1.82) is 0 Å². The number of hydrogen-bond donors (Lipinski definition) is 4. The van der Waals surface area contributed by atoms with Crippen LogP contribution in [0.3, 0.4) is 0 Å². The van der Waals surface area contributed by atoms with Gasteiger partial charge in [-0.25, -0.2) is 0 Å². The average molecular weight is 437 g/mol. The molecule has 4 nitrogen and oxygen atoms in total. The van der Waals surface area contributed by atoms with Gasteiger partial charge in [0.1, 0.15) is 0 Å². The van der Waals surface area contributed by atoms with Gasteiger partial charge >= 0.3 is 0 Å². The van der Waals surface area contributed by atoms with E-state index in [2.05, 4.69) is 27.7 Å². The number of aliphatic hydroxyl groups excluding tert-OH is 4. The molecule has 31 heavy (non-hydrogen) atoms. The summed E-state index contributed by atoms with van der Waals surface area (Å²) in [5.74, 6) is 2.93. The van der Waals surface area contributed by atoms with Crippen molar-refractivity contribution in [3.8, 4) is 0 Å². The van der Waals surface area contributed by atoms with Crippen molar-refractivity contribution in [3.05, 3.63) is 0 Å². The first-order valence-electron chi connectivity index (χ1n) is 13.3. The zero-order valence-electron chi connectivity index (χ0n) is 20.3. The Kier molecular flexibility index (Phi) is 6.88. The quantitative estimate of drug-likeness (QED) is 0.498. The minimum atomic E-state index is -0.292. The maximum atomic E-state index is 11.6. The van der Waals surface area contributed by atoms with E-state index in [0.29, 0.717) is 41.4 Å². The molecule has 4 aliphatic rings. The molecule has 4 fully saturated rings. The highest BCUT2D eigenvalue weighted by Gasteiger charge is 2.65. The molecule has 4 heteroatoms. The van der Waals surface area contributed by atoms with Gasteiger partial charge in [-0.3, -0.25) is 0 Å². The second-order valence-corrected chi connectivity index (χ2v) is 12.7. The summed E-state index contributed by atoms with van der Waals surface area (Å²) in [5.41, 5.74) is 0.0527. The molecule has 180 valence electrons. The van der Waals surface area contributed by atoms with E-state index in [1.165, 1.54) is 12.8 Å². The minimum absolute atomic E-state index is 0.0957. The Hall–Kier alpha value is -0.160. The standard InChI is InChI=1S/C27H48O4/c1-16(15-28)6-5-7-17(2)20-8-9-21-25-22(14-24(31)27(20,21)4)26(3)11-10-19(29)12-18(26)13-23(25)30/h16-25,28-31H,5-15H2,1-4H3/t16?,17-,18?,19?,20-,21+,22+,23?,24?,25+,26+,27-/m1/s1. The molecule has 0 spiro atoms. The highest BCUT2D eigenvalue weighted by atomic mass is 16.3. The minimum Gasteiger partial charge on any atom is -0.396 e. The van der Waals surface area contributed by atoms with Crippen LogP contribution in [0.15, 0.2) is 0 Å². The van der Waals surface area contributed by atoms with Gasteiger partial charge in [0, 0.05) is 6.61 Å². The topological polar surface area (TPSA) is 80.9 Å². The van der Waals surface area contributed by atoms with Crippen molar-refractivity contribution in [2.45, 2.75) is 110 Å². The van der Waals surface area contributed by atoms with Gasteiger partial charge in [0.25, 0.3) is 0 Å². The maximum Gasteiger partial charge on any atom is 0.0602 e. The summed E-state index contributed by atoms with van der Waals surface area (Å²) in [6.45, 7) is 9.51. The fraction of sp³-hybridized carbons (Fsp3) is 1.00. The summed E-state index contributed by atoms with van der Waals surface area (Å²) >= 11 is 0. The monoisotopic (exact) mass is 436 g/mol. The first-order chi connectivity index (χ1) is 14.6. The van der Waals surface area contributed by atoms with Crippen LogP contribution < -0.4 is 0 Å². The SMILES string of the molecule is CC(CO)CCC[C@@H](C)[C@H]1CC[C@H]2[C@@H]3C(O)CC4CC(O)CC[C@]4(C)[C@H]3CC(O)[C@]12C. The molecule has 5 unspecified atom stereocenters. The molecule has 4 N–H and O–H groups in total. The summed E-state index contributed by atoms with van der Waals surface area (Å²) in [5, 5.41) is 42.6. The Bertz CT molecular complexity index is 624. The van der Waals surface area contributed by atoms with Crippen LogP contribution in [0.25, 0.3) is 0 Å². The third-order valence-electron chi connectivity index (χ3n) is 11.2. The first-order valence-corrected chi connectivity index (χ1v) is 13.3. The van der Waals surface area contributed by atoms with Crippen LogP contribution in [0.2, 0.25) is 0 Å². The van der Waals surface area contributed by atoms with Gasteiger partial charge in [0.05, 0.1) is 18.3 Å². The van der Waals surface area contributed by atoms with Gasteiger partial charge in [-0.15, -0.1) is 0 Å². The van der Waals surface area contributed by atoms with Crippen molar-refractivity contribution in [3.63, 3.8) is 0 Å². The third-order valence-corrected chi connectivity index (χ3v) is 11.2. The second kappa shape index (κ2) is 8.89. The molecule has 0 saturated heterocycles. The lowest BCUT2D eigenvalue weighted by atomic mass is 9.43. The van der Waals surface area contributed by atoms with Crippen LogP contribution in [-0.2, 0) is 0 Å². The number of fused-ring (bicyclic) bond motifs is 5. The molecule has 0 heterocycles. The van der Waals surface area contributed by atoms with Crippen molar-refractivity contribution < 1.29 is 20.4 Å². The summed E-state index contributed by atoms with van der Waals surface area (Å²) < 4.78 is 0. The van der Waals surface area contributed by atoms with Crippen molar-refractivity contribution in [2.24, 2.45) is 52.3 Å². The van der Waals surface area contributed by atoms with E-state index in [-0.39, 0.29) is 35.7 Å². The third kappa shape index (κ3) is 3.92. The van der Waals surface area contributed by atoms with Gasteiger partial charge in [-0.1, -0.05) is 40.5 Å². The summed E-state index contributed by atoms with van der Waals surface area (Å²) in [4.78, 5) is 0. The van der Waals surface area contributed by atoms with Gasteiger partial charge in [-0.05, 0) is 104 Å². The van der Waals surface area contributed by atoms with E-state index in [4.69, 9.17) is 0 Å². The normalized spacial score (nSPS) is 51.5. The molecular weight excluding hydrogens is 388 g/mol. The van der Waals surface area contributed by atoms with Crippen molar-refractivity contribution in [1.82, 2.24) is 0 Å². The molecule has 12 atom stereocenters. The smallest absolute Gasteiger partial charge is 0.0602 e. The molecule has 0 bridgehead atoms. The number of hydrogen-bond acceptors (Lipinski definition) is 4. The Balaban J connectivity index is 1.52. The Labute approximate surface area is 189 Å². The Morgan fingerprint density at radius 1 is 0.903 bits per heavy atom. The highest BCUT2D eigenvalue weighted by molar-refractivity contribution is 5.14. The van der Waals surface area contributed by atoms with Crippen LogP contribution in [0.4, 0.5) is 0 Å². The molecular formula is C27H48O4. The van der Waals surface area contributed by atoms with Crippen LogP contribution in [0.5, 0.6) is 0 Å². The Morgan fingerprint density at radius 2 is 1.65 bits per heavy atom. The van der Waals surface area contributed by atoms with Gasteiger partial charge in [0.2, 0.25) is 0 Å². The van der Waals surface area contributed by atoms with Gasteiger partial charge < -0.3 is 20.4 Å². The van der Waals surface area contributed by atoms with E-state index in [1.807, 2.05) is 0 Å². The molecule has 0 aromatic carbocycles. The lowest BCUT2D eigenvalue weighted by Crippen LogP contribution is -2.62. The molecule has 0 aliphatic heterocycles. The zero-order valence-corrected chi connectivity index (χ0v) is 20.3. The molecule has 4 saturated carbocycles. The Morgan fingerprint density at radius 3 is 2.35 bits per heavy atom.